The zero-order chi connectivity index (χ0) is 17.8. The highest BCUT2D eigenvalue weighted by Crippen LogP contribution is 2.32. The van der Waals surface area contributed by atoms with Crippen LogP contribution in [-0.4, -0.2) is 54.6 Å². The number of anilines is 1. The van der Waals surface area contributed by atoms with E-state index in [9.17, 15) is 18.0 Å². The van der Waals surface area contributed by atoms with Gasteiger partial charge in [0.05, 0.1) is 4.90 Å². The Hall–Kier alpha value is -1.93. The van der Waals surface area contributed by atoms with Crippen molar-refractivity contribution in [3.63, 3.8) is 0 Å². The molecule has 0 saturated carbocycles. The van der Waals surface area contributed by atoms with E-state index in [0.29, 0.717) is 25.1 Å². The number of fused-ring (bicyclic) bond motifs is 2. The van der Waals surface area contributed by atoms with Crippen molar-refractivity contribution in [1.29, 1.82) is 0 Å². The van der Waals surface area contributed by atoms with E-state index in [1.165, 1.54) is 10.4 Å². The average molecular weight is 363 g/mol. The van der Waals surface area contributed by atoms with Crippen LogP contribution >= 0.6 is 0 Å². The molecule has 1 N–H and O–H groups in total. The number of carbonyl (C=O) groups is 2. The molecule has 3 heterocycles. The second-order valence-corrected chi connectivity index (χ2v) is 8.84. The Labute approximate surface area is 147 Å². The predicted molar refractivity (Wildman–Crippen MR) is 91.5 cm³/mol. The Morgan fingerprint density at radius 3 is 2.80 bits per heavy atom. The minimum Gasteiger partial charge on any atom is -0.337 e. The highest BCUT2D eigenvalue weighted by molar-refractivity contribution is 7.89. The van der Waals surface area contributed by atoms with Crippen LogP contribution in [0.5, 0.6) is 0 Å². The molecule has 2 amide bonds. The van der Waals surface area contributed by atoms with Crippen molar-refractivity contribution in [3.8, 4) is 0 Å². The Morgan fingerprint density at radius 2 is 2.00 bits per heavy atom. The molecule has 1 aromatic carbocycles. The van der Waals surface area contributed by atoms with E-state index in [2.05, 4.69) is 5.32 Å². The Bertz CT molecular complexity index is 851. The second-order valence-electron chi connectivity index (χ2n) is 6.95. The van der Waals surface area contributed by atoms with Gasteiger partial charge in [-0.15, -0.1) is 0 Å². The summed E-state index contributed by atoms with van der Waals surface area (Å²) in [6, 6.07) is 4.07. The number of carbonyl (C=O) groups excluding carboxylic acids is 2. The maximum absolute atomic E-state index is 13.1. The van der Waals surface area contributed by atoms with Crippen molar-refractivity contribution >= 4 is 27.5 Å². The fourth-order valence-corrected chi connectivity index (χ4v) is 5.68. The van der Waals surface area contributed by atoms with Gasteiger partial charge in [-0.3, -0.25) is 9.59 Å². The van der Waals surface area contributed by atoms with Crippen molar-refractivity contribution in [1.82, 2.24) is 9.21 Å². The summed E-state index contributed by atoms with van der Waals surface area (Å²) in [7, 11) is -3.76. The molecule has 0 aromatic heterocycles. The van der Waals surface area contributed by atoms with Gasteiger partial charge in [-0.25, -0.2) is 8.42 Å². The molecule has 0 bridgehead atoms. The molecule has 3 aliphatic rings. The summed E-state index contributed by atoms with van der Waals surface area (Å²) in [6.45, 7) is 2.73. The molecule has 134 valence electrons. The molecular weight excluding hydrogens is 342 g/mol. The number of hydrogen-bond donors (Lipinski definition) is 1. The van der Waals surface area contributed by atoms with Gasteiger partial charge < -0.3 is 10.2 Å². The number of aryl methyl sites for hydroxylation is 1. The summed E-state index contributed by atoms with van der Waals surface area (Å²) in [4.78, 5) is 26.0. The van der Waals surface area contributed by atoms with E-state index in [4.69, 9.17) is 0 Å². The third-order valence-corrected chi connectivity index (χ3v) is 7.35. The smallest absolute Gasteiger partial charge is 0.243 e. The first-order chi connectivity index (χ1) is 11.9. The van der Waals surface area contributed by atoms with Gasteiger partial charge in [0.25, 0.3) is 0 Å². The molecule has 8 heteroatoms. The van der Waals surface area contributed by atoms with Crippen molar-refractivity contribution in [2.45, 2.75) is 49.6 Å². The van der Waals surface area contributed by atoms with E-state index in [1.807, 2.05) is 4.90 Å². The third kappa shape index (κ3) is 2.64. The first kappa shape index (κ1) is 16.5. The van der Waals surface area contributed by atoms with Crippen LogP contribution in [0.3, 0.4) is 0 Å². The minimum absolute atomic E-state index is 0.0182. The molecule has 0 radical (unpaired) electrons. The Morgan fingerprint density at radius 1 is 1.20 bits per heavy atom. The number of sulfonamides is 1. The normalized spacial score (nSPS) is 27.0. The number of nitrogens with one attached hydrogen (secondary N) is 1. The molecule has 3 aliphatic heterocycles. The minimum atomic E-state index is -3.76. The lowest BCUT2D eigenvalue weighted by atomic mass is 10.0. The number of nitrogens with zero attached hydrogens (tertiary/aromatic N) is 2. The van der Waals surface area contributed by atoms with E-state index < -0.39 is 16.1 Å². The standard InChI is InChI=1S/C17H21N3O4S/c1-11-17(22)19-8-2-3-13(19)10-20(11)25(23,24)14-5-6-15-12(9-14)4-7-16(21)18-15/h5-6,9,11,13H,2-4,7-8,10H2,1H3,(H,18,21)/t11-,13+/m0/s1. The summed E-state index contributed by atoms with van der Waals surface area (Å²) >= 11 is 0. The summed E-state index contributed by atoms with van der Waals surface area (Å²) in [6.07, 6.45) is 2.65. The summed E-state index contributed by atoms with van der Waals surface area (Å²) in [5.74, 6) is -0.165. The van der Waals surface area contributed by atoms with Crippen LogP contribution in [-0.2, 0) is 26.0 Å². The summed E-state index contributed by atoms with van der Waals surface area (Å²) in [5, 5.41) is 2.76. The first-order valence-corrected chi connectivity index (χ1v) is 10.1. The highest BCUT2D eigenvalue weighted by Gasteiger charge is 2.45. The first-order valence-electron chi connectivity index (χ1n) is 8.63. The molecular formula is C17H21N3O4S. The molecule has 4 rings (SSSR count). The van der Waals surface area contributed by atoms with E-state index in [0.717, 1.165) is 24.9 Å². The van der Waals surface area contributed by atoms with Crippen LogP contribution in [0, 0.1) is 0 Å². The largest absolute Gasteiger partial charge is 0.337 e. The SMILES string of the molecule is C[C@H]1C(=O)N2CCC[C@@H]2CN1S(=O)(=O)c1ccc2c(c1)CCC(=O)N2. The lowest BCUT2D eigenvalue weighted by Crippen LogP contribution is -2.59. The van der Waals surface area contributed by atoms with Gasteiger partial charge in [-0.05, 0) is 49.9 Å². The van der Waals surface area contributed by atoms with Gasteiger partial charge in [0, 0.05) is 31.2 Å². The van der Waals surface area contributed by atoms with Crippen LogP contribution in [0.1, 0.15) is 31.7 Å². The van der Waals surface area contributed by atoms with Gasteiger partial charge in [0.15, 0.2) is 0 Å². The molecule has 0 spiro atoms. The Kier molecular flexibility index (Phi) is 3.84. The van der Waals surface area contributed by atoms with Gasteiger partial charge >= 0.3 is 0 Å². The summed E-state index contributed by atoms with van der Waals surface area (Å²) < 4.78 is 27.6. The molecule has 7 nitrogen and oxygen atoms in total. The fourth-order valence-electron chi connectivity index (χ4n) is 4.01. The van der Waals surface area contributed by atoms with Gasteiger partial charge in [0.2, 0.25) is 21.8 Å². The van der Waals surface area contributed by atoms with E-state index in [-0.39, 0.29) is 22.8 Å². The maximum atomic E-state index is 13.1. The lowest BCUT2D eigenvalue weighted by molar-refractivity contribution is -0.139. The van der Waals surface area contributed by atoms with Gasteiger partial charge in [-0.2, -0.15) is 4.31 Å². The van der Waals surface area contributed by atoms with Crippen LogP contribution in [0.4, 0.5) is 5.69 Å². The summed E-state index contributed by atoms with van der Waals surface area (Å²) in [5.41, 5.74) is 1.49. The van der Waals surface area contributed by atoms with Crippen molar-refractivity contribution in [2.75, 3.05) is 18.4 Å². The lowest BCUT2D eigenvalue weighted by Gasteiger charge is -2.40. The van der Waals surface area contributed by atoms with Crippen LogP contribution in [0.25, 0.3) is 0 Å². The highest BCUT2D eigenvalue weighted by atomic mass is 32.2. The van der Waals surface area contributed by atoms with Crippen molar-refractivity contribution in [3.05, 3.63) is 23.8 Å². The molecule has 2 saturated heterocycles. The molecule has 2 atom stereocenters. The van der Waals surface area contributed by atoms with Crippen LogP contribution in [0.2, 0.25) is 0 Å². The van der Waals surface area contributed by atoms with Crippen LogP contribution in [0.15, 0.2) is 23.1 Å². The molecule has 2 fully saturated rings. The number of hydrogen-bond acceptors (Lipinski definition) is 4. The molecule has 0 unspecified atom stereocenters. The average Bonchev–Trinajstić information content (AvgIpc) is 3.06. The van der Waals surface area contributed by atoms with Gasteiger partial charge in [-0.1, -0.05) is 0 Å². The molecule has 1 aromatic rings. The van der Waals surface area contributed by atoms with Gasteiger partial charge in [0.1, 0.15) is 6.04 Å². The Balaban J connectivity index is 1.67. The van der Waals surface area contributed by atoms with Crippen LogP contribution < -0.4 is 5.32 Å². The van der Waals surface area contributed by atoms with E-state index in [1.54, 1.807) is 19.1 Å². The third-order valence-electron chi connectivity index (χ3n) is 5.42. The second kappa shape index (κ2) is 5.81. The van der Waals surface area contributed by atoms with Crippen molar-refractivity contribution < 1.29 is 18.0 Å². The predicted octanol–water partition coefficient (Wildman–Crippen LogP) is 0.955. The fraction of sp³-hybridized carbons (Fsp3) is 0.529. The topological polar surface area (TPSA) is 86.8 Å². The number of amides is 2. The number of benzene rings is 1. The quantitative estimate of drug-likeness (QED) is 0.848. The zero-order valence-corrected chi connectivity index (χ0v) is 14.9. The number of piperazine rings is 1. The van der Waals surface area contributed by atoms with Crippen molar-refractivity contribution in [2.24, 2.45) is 0 Å². The maximum Gasteiger partial charge on any atom is 0.243 e. The van der Waals surface area contributed by atoms with E-state index >= 15 is 0 Å². The molecule has 25 heavy (non-hydrogen) atoms. The molecule has 0 aliphatic carbocycles. The monoisotopic (exact) mass is 363 g/mol. The zero-order valence-electron chi connectivity index (χ0n) is 14.1. The number of rotatable bonds is 2.